The molecule has 1 aromatic carbocycles. The van der Waals surface area contributed by atoms with Crippen molar-refractivity contribution in [2.24, 2.45) is 5.92 Å². The van der Waals surface area contributed by atoms with Crippen LogP contribution in [0, 0.1) is 22.7 Å². The van der Waals surface area contributed by atoms with Crippen LogP contribution in [0.5, 0.6) is 5.75 Å². The molecule has 0 spiro atoms. The monoisotopic (exact) mass is 832 g/mol. The summed E-state index contributed by atoms with van der Waals surface area (Å²) in [6.07, 6.45) is 14.9. The van der Waals surface area contributed by atoms with Gasteiger partial charge in [0.1, 0.15) is 28.9 Å². The van der Waals surface area contributed by atoms with Gasteiger partial charge in [-0.3, -0.25) is 29.0 Å². The van der Waals surface area contributed by atoms with Crippen molar-refractivity contribution >= 4 is 40.5 Å². The largest absolute Gasteiger partial charge is 0.493 e. The summed E-state index contributed by atoms with van der Waals surface area (Å²) in [6, 6.07) is 9.73. The fourth-order valence-corrected chi connectivity index (χ4v) is 4.79. The van der Waals surface area contributed by atoms with Crippen LogP contribution in [0.3, 0.4) is 0 Å². The molecule has 1 fully saturated rings. The standard InChI is InChI=1S/C17H16N4O3.C6H3ClN4O2.C6H6ClN3O.C5H2ClN3/c22-17-20-16(21-24-17)15-14(18-7-8-19-15)9-11-3-5-13(6-4-11)23-10-12-1-2-12;7-4-3(8-1-2-9-4)5-10-6(12)13-11-5;7-6-5(4(8)3-11)9-1-2-10-6;6-5-4(3-7)8-1-2-9-5/h3-8,12H,1-2,9-10H2,(H,20,21,22);1-2H,(H,10,11,12);1-2,8,11H,3H2;1-2H. The highest BCUT2D eigenvalue weighted by atomic mass is 35.5. The normalized spacial score (nSPS) is 11.4. The predicted molar refractivity (Wildman–Crippen MR) is 201 cm³/mol. The Morgan fingerprint density at radius 3 is 1.84 bits per heavy atom. The molecule has 6 heterocycles. The van der Waals surface area contributed by atoms with Crippen LogP contribution in [0.4, 0.5) is 0 Å². The Morgan fingerprint density at radius 1 is 0.772 bits per heavy atom. The van der Waals surface area contributed by atoms with Gasteiger partial charge >= 0.3 is 11.5 Å². The molecule has 0 saturated heterocycles. The molecular weight excluding hydrogens is 807 g/mol. The van der Waals surface area contributed by atoms with Crippen LogP contribution in [0.25, 0.3) is 23.0 Å². The second kappa shape index (κ2) is 20.8. The Balaban J connectivity index is 0.000000159. The maximum absolute atomic E-state index is 11.1. The highest BCUT2D eigenvalue weighted by molar-refractivity contribution is 6.32. The van der Waals surface area contributed by atoms with Crippen molar-refractivity contribution in [2.45, 2.75) is 19.3 Å². The van der Waals surface area contributed by atoms with Gasteiger partial charge < -0.3 is 15.3 Å². The van der Waals surface area contributed by atoms with Gasteiger partial charge in [0.05, 0.1) is 24.6 Å². The van der Waals surface area contributed by atoms with Crippen molar-refractivity contribution in [1.82, 2.24) is 60.2 Å². The third-order valence-corrected chi connectivity index (χ3v) is 7.92. The first-order valence-electron chi connectivity index (χ1n) is 16.3. The third-order valence-electron chi connectivity index (χ3n) is 7.09. The summed E-state index contributed by atoms with van der Waals surface area (Å²) >= 11 is 16.7. The van der Waals surface area contributed by atoms with E-state index in [1.54, 1.807) is 18.5 Å². The minimum absolute atomic E-state index is 0.0249. The van der Waals surface area contributed by atoms with E-state index in [0.717, 1.165) is 23.8 Å². The molecule has 8 rings (SSSR count). The first kappa shape index (κ1) is 41.4. The van der Waals surface area contributed by atoms with Crippen molar-refractivity contribution in [3.05, 3.63) is 133 Å². The molecule has 0 bridgehead atoms. The molecule has 0 radical (unpaired) electrons. The number of hydrogen-bond donors (Lipinski definition) is 4. The van der Waals surface area contributed by atoms with Gasteiger partial charge in [0.15, 0.2) is 21.2 Å². The number of H-pyrrole nitrogens is 2. The number of rotatable bonds is 9. The first-order valence-corrected chi connectivity index (χ1v) is 17.4. The Kier molecular flexibility index (Phi) is 15.1. The van der Waals surface area contributed by atoms with Gasteiger partial charge in [-0.05, 0) is 36.5 Å². The second-order valence-electron chi connectivity index (χ2n) is 11.1. The lowest BCUT2D eigenvalue weighted by Gasteiger charge is -2.07. The maximum Gasteiger partial charge on any atom is 0.439 e. The molecule has 0 aliphatic heterocycles. The van der Waals surface area contributed by atoms with Crippen LogP contribution < -0.4 is 16.2 Å². The van der Waals surface area contributed by atoms with Crippen molar-refractivity contribution in [3.63, 3.8) is 0 Å². The molecule has 7 aromatic rings. The van der Waals surface area contributed by atoms with Gasteiger partial charge in [-0.15, -0.1) is 0 Å². The zero-order chi connectivity index (χ0) is 40.6. The highest BCUT2D eigenvalue weighted by Crippen LogP contribution is 2.29. The number of nitrogens with zero attached hydrogens (tertiary/aromatic N) is 11. The van der Waals surface area contributed by atoms with Crippen LogP contribution in [-0.4, -0.2) is 84.2 Å². The van der Waals surface area contributed by atoms with E-state index in [9.17, 15) is 9.59 Å². The summed E-state index contributed by atoms with van der Waals surface area (Å²) < 4.78 is 14.6. The van der Waals surface area contributed by atoms with Crippen LogP contribution in [0.15, 0.2) is 92.5 Å². The van der Waals surface area contributed by atoms with Crippen molar-refractivity contribution in [1.29, 1.82) is 10.7 Å². The molecule has 1 aliphatic rings. The lowest BCUT2D eigenvalue weighted by atomic mass is 10.1. The molecule has 290 valence electrons. The number of aromatic nitrogens is 12. The molecule has 4 N–H and O–H groups in total. The number of nitrogens with one attached hydrogen (secondary N) is 3. The molecule has 1 saturated carbocycles. The molecule has 23 heteroatoms. The van der Waals surface area contributed by atoms with Gasteiger partial charge in [-0.2, -0.15) is 5.26 Å². The quantitative estimate of drug-likeness (QED) is 0.148. The average Bonchev–Trinajstić information content (AvgIpc) is 3.81. The maximum atomic E-state index is 11.1. The summed E-state index contributed by atoms with van der Waals surface area (Å²) in [7, 11) is 0. The summed E-state index contributed by atoms with van der Waals surface area (Å²) in [4.78, 5) is 57.5. The fraction of sp³-hybridized carbons (Fsp3) is 0.176. The van der Waals surface area contributed by atoms with Gasteiger partial charge in [0.25, 0.3) is 0 Å². The topological polar surface area (TPSA) is 298 Å². The predicted octanol–water partition coefficient (Wildman–Crippen LogP) is 4.16. The molecule has 20 nitrogen and oxygen atoms in total. The van der Waals surface area contributed by atoms with Crippen LogP contribution >= 0.6 is 34.8 Å². The van der Waals surface area contributed by atoms with E-state index in [2.05, 4.69) is 69.2 Å². The van der Waals surface area contributed by atoms with E-state index in [-0.39, 0.29) is 56.5 Å². The van der Waals surface area contributed by atoms with E-state index in [0.29, 0.717) is 17.8 Å². The zero-order valence-corrected chi connectivity index (χ0v) is 31.4. The number of benzene rings is 1. The number of aliphatic hydroxyl groups is 1. The number of ether oxygens (including phenoxy) is 1. The minimum Gasteiger partial charge on any atom is -0.493 e. The molecule has 0 unspecified atom stereocenters. The average molecular weight is 834 g/mol. The summed E-state index contributed by atoms with van der Waals surface area (Å²) in [5, 5.41) is 31.6. The zero-order valence-electron chi connectivity index (χ0n) is 29.1. The van der Waals surface area contributed by atoms with E-state index in [1.807, 2.05) is 24.3 Å². The first-order chi connectivity index (χ1) is 27.6. The van der Waals surface area contributed by atoms with Gasteiger partial charge in [-0.1, -0.05) is 57.2 Å². The van der Waals surface area contributed by atoms with Crippen LogP contribution in [0.2, 0.25) is 15.5 Å². The number of halogens is 3. The Bertz CT molecular complexity index is 2550. The summed E-state index contributed by atoms with van der Waals surface area (Å²) in [5.41, 5.74) is 2.96. The van der Waals surface area contributed by atoms with Crippen LogP contribution in [0.1, 0.15) is 35.5 Å². The van der Waals surface area contributed by atoms with E-state index < -0.39 is 11.5 Å². The molecule has 57 heavy (non-hydrogen) atoms. The third kappa shape index (κ3) is 12.6. The lowest BCUT2D eigenvalue weighted by molar-refractivity contribution is 0.299. The Morgan fingerprint density at radius 2 is 1.32 bits per heavy atom. The van der Waals surface area contributed by atoms with Crippen molar-refractivity contribution < 1.29 is 18.9 Å². The number of hydrogen-bond acceptors (Lipinski definition) is 18. The van der Waals surface area contributed by atoms with E-state index >= 15 is 0 Å². The Hall–Kier alpha value is -6.79. The number of aromatic amines is 2. The highest BCUT2D eigenvalue weighted by Gasteiger charge is 2.22. The second-order valence-corrected chi connectivity index (χ2v) is 12.2. The lowest BCUT2D eigenvalue weighted by Crippen LogP contribution is -2.08. The van der Waals surface area contributed by atoms with E-state index in [1.165, 1.54) is 50.0 Å². The van der Waals surface area contributed by atoms with Gasteiger partial charge in [-0.25, -0.2) is 39.5 Å². The van der Waals surface area contributed by atoms with Gasteiger partial charge in [0.2, 0.25) is 11.6 Å². The van der Waals surface area contributed by atoms with Crippen molar-refractivity contribution in [3.8, 4) is 34.9 Å². The number of nitriles is 1. The van der Waals surface area contributed by atoms with Crippen molar-refractivity contribution in [2.75, 3.05) is 13.2 Å². The molecule has 0 atom stereocenters. The SMILES string of the molecule is N#Cc1nccnc1Cl.N=C(CO)c1nccnc1Cl.O=c1[nH]c(-c2nccnc2Cc2ccc(OCC3CC3)cc2)no1.O=c1[nH]c(-c2nccnc2Cl)no1. The van der Waals surface area contributed by atoms with Gasteiger partial charge in [0, 0.05) is 56.0 Å². The molecule has 1 aliphatic carbocycles. The number of aliphatic hydroxyl groups excluding tert-OH is 1. The molecular formula is C34H27Cl3N14O6. The van der Waals surface area contributed by atoms with E-state index in [4.69, 9.17) is 55.3 Å². The smallest absolute Gasteiger partial charge is 0.439 e. The Labute approximate surface area is 335 Å². The summed E-state index contributed by atoms with van der Waals surface area (Å²) in [6.45, 7) is 0.422. The fourth-order valence-electron chi connectivity index (χ4n) is 4.23. The minimum atomic E-state index is -0.656. The molecule has 6 aromatic heterocycles. The van der Waals surface area contributed by atoms with Crippen LogP contribution in [-0.2, 0) is 6.42 Å². The summed E-state index contributed by atoms with van der Waals surface area (Å²) in [5.74, 6) is 0.799. The molecule has 0 amide bonds.